The summed E-state index contributed by atoms with van der Waals surface area (Å²) in [6.07, 6.45) is -12.0. The van der Waals surface area contributed by atoms with Crippen molar-refractivity contribution < 1.29 is 41.7 Å². The fourth-order valence-corrected chi connectivity index (χ4v) is 4.57. The van der Waals surface area contributed by atoms with Crippen molar-refractivity contribution in [2.45, 2.75) is 115 Å². The predicted molar refractivity (Wildman–Crippen MR) is 103 cm³/mol. The monoisotopic (exact) mass is 444 g/mol. The molecule has 29 heavy (non-hydrogen) atoms. The van der Waals surface area contributed by atoms with Crippen LogP contribution in [0.1, 0.15) is 48.5 Å². The largest absolute Gasteiger partial charge is 0.417 e. The summed E-state index contributed by atoms with van der Waals surface area (Å²) >= 11 is 0. The quantitative estimate of drug-likeness (QED) is 0.648. The molecule has 2 saturated heterocycles. The third-order valence-electron chi connectivity index (χ3n) is 5.77. The van der Waals surface area contributed by atoms with Crippen molar-refractivity contribution in [2.75, 3.05) is 6.61 Å². The van der Waals surface area contributed by atoms with E-state index in [-0.39, 0.29) is 11.6 Å². The summed E-state index contributed by atoms with van der Waals surface area (Å²) in [5.41, 5.74) is 0. The minimum atomic E-state index is -4.86. The molecule has 1 N–H and O–H groups in total. The summed E-state index contributed by atoms with van der Waals surface area (Å²) in [4.78, 5) is 0. The molecule has 5 atom stereocenters. The second kappa shape index (κ2) is 7.72. The average Bonchev–Trinajstić information content (AvgIpc) is 3.01. The van der Waals surface area contributed by atoms with Gasteiger partial charge in [0.1, 0.15) is 24.4 Å². The maximum atomic E-state index is 13.3. The lowest BCUT2D eigenvalue weighted by atomic mass is 9.99. The molecule has 0 bridgehead atoms. The number of hydrogen-bond donors (Lipinski definition) is 1. The Morgan fingerprint density at radius 3 is 1.90 bits per heavy atom. The van der Waals surface area contributed by atoms with E-state index in [9.17, 15) is 18.3 Å². The van der Waals surface area contributed by atoms with E-state index >= 15 is 0 Å². The Bertz CT molecular complexity index is 587. The molecule has 2 aliphatic heterocycles. The van der Waals surface area contributed by atoms with Gasteiger partial charge in [0.2, 0.25) is 0 Å². The van der Waals surface area contributed by atoms with Gasteiger partial charge in [0.25, 0.3) is 0 Å². The Hall–Kier alpha value is -0.233. The Labute approximate surface area is 172 Å². The Morgan fingerprint density at radius 1 is 0.966 bits per heavy atom. The molecule has 2 rings (SSSR count). The van der Waals surface area contributed by atoms with Crippen LogP contribution in [0.15, 0.2) is 0 Å². The van der Waals surface area contributed by atoms with Gasteiger partial charge in [0.05, 0.1) is 6.61 Å². The molecule has 172 valence electrons. The first kappa shape index (κ1) is 25.0. The number of aliphatic hydroxyl groups excluding tert-OH is 1. The Balaban J connectivity index is 2.42. The third kappa shape index (κ3) is 5.72. The van der Waals surface area contributed by atoms with E-state index < -0.39 is 56.6 Å². The van der Waals surface area contributed by atoms with Crippen LogP contribution in [-0.2, 0) is 23.4 Å². The lowest BCUT2D eigenvalue weighted by Crippen LogP contribution is -2.57. The first-order chi connectivity index (χ1) is 12.8. The lowest BCUT2D eigenvalue weighted by molar-refractivity contribution is -0.243. The van der Waals surface area contributed by atoms with Gasteiger partial charge in [-0.05, 0) is 45.8 Å². The second-order valence-corrected chi connectivity index (χ2v) is 15.0. The van der Waals surface area contributed by atoms with Gasteiger partial charge in [-0.1, -0.05) is 20.8 Å². The van der Waals surface area contributed by atoms with Crippen LogP contribution in [0.4, 0.5) is 13.2 Å². The van der Waals surface area contributed by atoms with Crippen molar-refractivity contribution >= 4 is 8.32 Å². The number of alkyl halides is 3. The molecule has 0 amide bonds. The molecule has 0 spiro atoms. The first-order valence-corrected chi connectivity index (χ1v) is 12.8. The number of rotatable bonds is 5. The second-order valence-electron chi connectivity index (χ2n) is 10.3. The van der Waals surface area contributed by atoms with Gasteiger partial charge in [-0.2, -0.15) is 13.2 Å². The van der Waals surface area contributed by atoms with Crippen LogP contribution < -0.4 is 0 Å². The smallest absolute Gasteiger partial charge is 0.408 e. The molecular formula is C19H35F3O6Si. The van der Waals surface area contributed by atoms with Crippen molar-refractivity contribution in [1.29, 1.82) is 0 Å². The van der Waals surface area contributed by atoms with Crippen molar-refractivity contribution in [2.24, 2.45) is 0 Å². The highest BCUT2D eigenvalue weighted by Gasteiger charge is 2.59. The molecule has 0 saturated carbocycles. The van der Waals surface area contributed by atoms with E-state index in [1.807, 2.05) is 33.9 Å². The molecule has 6 nitrogen and oxygen atoms in total. The molecule has 0 aromatic rings. The first-order valence-electron chi connectivity index (χ1n) is 9.86. The number of hydrogen-bond acceptors (Lipinski definition) is 6. The zero-order chi connectivity index (χ0) is 22.6. The van der Waals surface area contributed by atoms with Gasteiger partial charge >= 0.3 is 6.18 Å². The maximum absolute atomic E-state index is 13.3. The topological polar surface area (TPSA) is 66.4 Å². The van der Waals surface area contributed by atoms with Gasteiger partial charge in [0, 0.05) is 0 Å². The van der Waals surface area contributed by atoms with Crippen LogP contribution in [0.2, 0.25) is 18.1 Å². The summed E-state index contributed by atoms with van der Waals surface area (Å²) in [5.74, 6) is -2.21. The van der Waals surface area contributed by atoms with E-state index in [2.05, 4.69) is 0 Å². The Kier molecular flexibility index (Phi) is 6.66. The van der Waals surface area contributed by atoms with Gasteiger partial charge in [-0.25, -0.2) is 0 Å². The van der Waals surface area contributed by atoms with Gasteiger partial charge in [-0.3, -0.25) is 0 Å². The van der Waals surface area contributed by atoms with Gasteiger partial charge < -0.3 is 28.5 Å². The zero-order valence-electron chi connectivity index (χ0n) is 18.7. The highest BCUT2D eigenvalue weighted by Crippen LogP contribution is 2.43. The van der Waals surface area contributed by atoms with Gasteiger partial charge in [0.15, 0.2) is 26.0 Å². The predicted octanol–water partition coefficient (Wildman–Crippen LogP) is 3.97. The fourth-order valence-electron chi connectivity index (χ4n) is 3.25. The van der Waals surface area contributed by atoms with Crippen molar-refractivity contribution in [3.05, 3.63) is 0 Å². The zero-order valence-corrected chi connectivity index (χ0v) is 19.7. The van der Waals surface area contributed by atoms with Crippen molar-refractivity contribution in [3.8, 4) is 0 Å². The molecule has 0 unspecified atom stereocenters. The average molecular weight is 445 g/mol. The number of halogens is 3. The van der Waals surface area contributed by atoms with Crippen LogP contribution in [0, 0.1) is 0 Å². The molecule has 2 heterocycles. The summed E-state index contributed by atoms with van der Waals surface area (Å²) in [7, 11) is -2.44. The summed E-state index contributed by atoms with van der Waals surface area (Å²) in [6, 6.07) is 0. The van der Waals surface area contributed by atoms with E-state index in [1.165, 1.54) is 13.8 Å². The molecule has 0 aromatic carbocycles. The molecule has 0 aromatic heterocycles. The fraction of sp³-hybridized carbons (Fsp3) is 1.00. The van der Waals surface area contributed by atoms with Crippen LogP contribution in [0.5, 0.6) is 0 Å². The normalized spacial score (nSPS) is 32.4. The number of ether oxygens (including phenoxy) is 4. The summed E-state index contributed by atoms with van der Waals surface area (Å²) in [6.45, 7) is 16.7. The van der Waals surface area contributed by atoms with Crippen LogP contribution in [-0.4, -0.2) is 68.3 Å². The highest BCUT2D eigenvalue weighted by atomic mass is 28.4. The summed E-state index contributed by atoms with van der Waals surface area (Å²) < 4.78 is 69.5. The van der Waals surface area contributed by atoms with Crippen LogP contribution in [0.25, 0.3) is 0 Å². The summed E-state index contributed by atoms with van der Waals surface area (Å²) in [5, 5.41) is 9.79. The van der Waals surface area contributed by atoms with E-state index in [4.69, 9.17) is 23.4 Å². The molecule has 10 heteroatoms. The van der Waals surface area contributed by atoms with Crippen LogP contribution >= 0.6 is 0 Å². The molecule has 2 aliphatic rings. The van der Waals surface area contributed by atoms with E-state index in [1.54, 1.807) is 13.8 Å². The minimum Gasteiger partial charge on any atom is -0.408 e. The third-order valence-corrected chi connectivity index (χ3v) is 10.2. The van der Waals surface area contributed by atoms with Crippen LogP contribution in [0.3, 0.4) is 0 Å². The standard InChI is InChI=1S/C19H35F3O6Si/c1-16(2,3)29(8,9)28-12(11-10-24-17(4,5)25-11)13-14(15(23)19(20,21)22)27-18(6,7)26-13/h11-15,23H,10H2,1-9H3/t11-,12-,13+,14+,15-/m1/s1. The van der Waals surface area contributed by atoms with Crippen molar-refractivity contribution in [3.63, 3.8) is 0 Å². The van der Waals surface area contributed by atoms with E-state index in [0.29, 0.717) is 0 Å². The van der Waals surface area contributed by atoms with Gasteiger partial charge in [-0.15, -0.1) is 0 Å². The number of aliphatic hydroxyl groups is 1. The molecule has 0 radical (unpaired) electrons. The SMILES string of the molecule is CC1(C)O[C@@H]([C@H](O[Si](C)(C)C(C)(C)C)[C@H]2COC(C)(C)O2)[C@@H]([C@@H](O)C(F)(F)F)O1. The molecule has 0 aliphatic carbocycles. The maximum Gasteiger partial charge on any atom is 0.417 e. The lowest BCUT2D eigenvalue weighted by Gasteiger charge is -2.43. The molecular weight excluding hydrogens is 409 g/mol. The highest BCUT2D eigenvalue weighted by molar-refractivity contribution is 6.74. The molecule has 2 fully saturated rings. The minimum absolute atomic E-state index is 0.140. The van der Waals surface area contributed by atoms with E-state index in [0.717, 1.165) is 0 Å². The van der Waals surface area contributed by atoms with Crippen molar-refractivity contribution in [1.82, 2.24) is 0 Å². The Morgan fingerprint density at radius 2 is 1.48 bits per heavy atom.